The number of hydrogen-bond acceptors (Lipinski definition) is 5. The van der Waals surface area contributed by atoms with E-state index in [4.69, 9.17) is 14.9 Å². The zero-order valence-corrected chi connectivity index (χ0v) is 16.2. The summed E-state index contributed by atoms with van der Waals surface area (Å²) in [5.41, 5.74) is 0.614. The molecule has 0 saturated carbocycles. The molecule has 3 N–H and O–H groups in total. The number of phenolic OH excluding ortho intramolecular Hbond substituents is 1. The van der Waals surface area contributed by atoms with Gasteiger partial charge < -0.3 is 20.1 Å². The van der Waals surface area contributed by atoms with E-state index in [-0.39, 0.29) is 17.2 Å². The summed E-state index contributed by atoms with van der Waals surface area (Å²) < 4.78 is 5.23. The molecule has 0 fully saturated rings. The van der Waals surface area contributed by atoms with Crippen LogP contribution in [0, 0.1) is 0 Å². The van der Waals surface area contributed by atoms with Gasteiger partial charge in [0.05, 0.1) is 12.7 Å². The number of aliphatic carboxylic acids is 2. The highest BCUT2D eigenvalue weighted by molar-refractivity contribution is 6.07. The summed E-state index contributed by atoms with van der Waals surface area (Å²) in [6.07, 6.45) is 11.6. The normalized spacial score (nSPS) is 12.9. The van der Waals surface area contributed by atoms with Gasteiger partial charge in [0.1, 0.15) is 11.5 Å². The highest BCUT2D eigenvalue weighted by atomic mass is 16.5. The first kappa shape index (κ1) is 23.4. The first-order chi connectivity index (χ1) is 13.8. The van der Waals surface area contributed by atoms with Gasteiger partial charge in [-0.05, 0) is 37.0 Å². The summed E-state index contributed by atoms with van der Waals surface area (Å²) in [6.45, 7) is 1.87. The number of hydrogen-bond donors (Lipinski definition) is 3. The minimum absolute atomic E-state index is 0.0815. The molecule has 0 aliphatic rings. The summed E-state index contributed by atoms with van der Waals surface area (Å²) in [5, 5.41) is 27.7. The molecule has 1 atom stereocenters. The highest BCUT2D eigenvalue weighted by Crippen LogP contribution is 2.36. The molecule has 1 rings (SSSR count). The number of carboxylic acid groups (broad SMARTS) is 2. The van der Waals surface area contributed by atoms with Gasteiger partial charge in [-0.2, -0.15) is 0 Å². The molecule has 0 aliphatic carbocycles. The molecule has 7 heteroatoms. The van der Waals surface area contributed by atoms with Crippen LogP contribution in [0.4, 0.5) is 0 Å². The fourth-order valence-corrected chi connectivity index (χ4v) is 2.50. The maximum absolute atomic E-state index is 12.5. The van der Waals surface area contributed by atoms with E-state index in [2.05, 4.69) is 0 Å². The van der Waals surface area contributed by atoms with Crippen molar-refractivity contribution in [2.45, 2.75) is 25.7 Å². The van der Waals surface area contributed by atoms with Crippen LogP contribution < -0.4 is 4.74 Å². The number of carboxylic acids is 2. The van der Waals surface area contributed by atoms with Gasteiger partial charge in [-0.25, -0.2) is 9.59 Å². The zero-order valence-electron chi connectivity index (χ0n) is 16.2. The van der Waals surface area contributed by atoms with Gasteiger partial charge in [0.15, 0.2) is 5.78 Å². The second-order valence-electron chi connectivity index (χ2n) is 6.14. The summed E-state index contributed by atoms with van der Waals surface area (Å²) in [7, 11) is 1.46. The number of phenols is 1. The molecule has 1 aromatic carbocycles. The number of ether oxygens (including phenoxy) is 1. The van der Waals surface area contributed by atoms with E-state index in [1.807, 2.05) is 6.92 Å². The van der Waals surface area contributed by atoms with Gasteiger partial charge in [-0.15, -0.1) is 0 Å². The minimum atomic E-state index is -1.07. The third-order valence-electron chi connectivity index (χ3n) is 3.99. The van der Waals surface area contributed by atoms with Gasteiger partial charge in [0.2, 0.25) is 0 Å². The highest BCUT2D eigenvalue weighted by Gasteiger charge is 2.18. The lowest BCUT2D eigenvalue weighted by molar-refractivity contribution is -0.132. The third kappa shape index (κ3) is 8.30. The van der Waals surface area contributed by atoms with E-state index in [1.54, 1.807) is 6.07 Å². The predicted molar refractivity (Wildman–Crippen MR) is 108 cm³/mol. The van der Waals surface area contributed by atoms with E-state index in [1.165, 1.54) is 49.6 Å². The average Bonchev–Trinajstić information content (AvgIpc) is 2.67. The van der Waals surface area contributed by atoms with Crippen LogP contribution in [0.5, 0.6) is 11.5 Å². The van der Waals surface area contributed by atoms with Gasteiger partial charge in [0.25, 0.3) is 0 Å². The molecular weight excluding hydrogens is 376 g/mol. The zero-order chi connectivity index (χ0) is 21.8. The van der Waals surface area contributed by atoms with Crippen molar-refractivity contribution in [3.05, 3.63) is 71.9 Å². The Morgan fingerprint density at radius 2 is 1.62 bits per heavy atom. The number of rotatable bonds is 11. The van der Waals surface area contributed by atoms with Crippen LogP contribution in [0.1, 0.15) is 41.6 Å². The van der Waals surface area contributed by atoms with Crippen molar-refractivity contribution in [1.29, 1.82) is 0 Å². The lowest BCUT2D eigenvalue weighted by Crippen LogP contribution is -2.02. The SMILES string of the molecule is COc1cc(C(=O)/C=C/C=C\C=C/C(=O)O)c(O)c([C@H](C)CC/C=C/C(=O)O)c1. The molecule has 0 bridgehead atoms. The number of ketones is 1. The fraction of sp³-hybridized carbons (Fsp3) is 0.227. The van der Waals surface area contributed by atoms with Crippen LogP contribution in [-0.4, -0.2) is 40.2 Å². The predicted octanol–water partition coefficient (Wildman–Crippen LogP) is 3.86. The number of allylic oxidation sites excluding steroid dienone is 6. The first-order valence-electron chi connectivity index (χ1n) is 8.85. The molecule has 0 aliphatic heterocycles. The van der Waals surface area contributed by atoms with Crippen molar-refractivity contribution in [2.24, 2.45) is 0 Å². The summed E-state index contributed by atoms with van der Waals surface area (Å²) in [5.74, 6) is -2.40. The Kier molecular flexibility index (Phi) is 9.67. The van der Waals surface area contributed by atoms with Crippen LogP contribution in [0.3, 0.4) is 0 Å². The van der Waals surface area contributed by atoms with Crippen molar-refractivity contribution < 1.29 is 34.4 Å². The molecule has 0 heterocycles. The van der Waals surface area contributed by atoms with Gasteiger partial charge in [0, 0.05) is 17.7 Å². The van der Waals surface area contributed by atoms with Crippen molar-refractivity contribution in [3.63, 3.8) is 0 Å². The van der Waals surface area contributed by atoms with E-state index >= 15 is 0 Å². The van der Waals surface area contributed by atoms with Crippen molar-refractivity contribution in [3.8, 4) is 11.5 Å². The Labute approximate surface area is 168 Å². The van der Waals surface area contributed by atoms with E-state index in [0.29, 0.717) is 24.2 Å². The summed E-state index contributed by atoms with van der Waals surface area (Å²) in [4.78, 5) is 33.3. The molecule has 0 unspecified atom stereocenters. The molecule has 0 radical (unpaired) electrons. The summed E-state index contributed by atoms with van der Waals surface area (Å²) >= 11 is 0. The van der Waals surface area contributed by atoms with Crippen molar-refractivity contribution in [1.82, 2.24) is 0 Å². The second kappa shape index (κ2) is 12.0. The Bertz CT molecular complexity index is 860. The van der Waals surface area contributed by atoms with Crippen LogP contribution in [0.15, 0.2) is 60.7 Å². The quantitative estimate of drug-likeness (QED) is 0.293. The number of carbonyl (C=O) groups is 3. The molecule has 1 aromatic rings. The van der Waals surface area contributed by atoms with E-state index < -0.39 is 17.7 Å². The largest absolute Gasteiger partial charge is 0.507 e. The molecular formula is C22H24O7. The topological polar surface area (TPSA) is 121 Å². The van der Waals surface area contributed by atoms with Gasteiger partial charge in [-0.1, -0.05) is 37.3 Å². The van der Waals surface area contributed by atoms with Gasteiger partial charge in [-0.3, -0.25) is 4.79 Å². The van der Waals surface area contributed by atoms with Crippen LogP contribution in [-0.2, 0) is 9.59 Å². The molecule has 0 aromatic heterocycles. The maximum Gasteiger partial charge on any atom is 0.328 e. The monoisotopic (exact) mass is 400 g/mol. The van der Waals surface area contributed by atoms with Crippen molar-refractivity contribution >= 4 is 17.7 Å². The molecule has 7 nitrogen and oxygen atoms in total. The number of aromatic hydroxyl groups is 1. The Morgan fingerprint density at radius 1 is 1.00 bits per heavy atom. The van der Waals surface area contributed by atoms with Crippen LogP contribution in [0.25, 0.3) is 0 Å². The van der Waals surface area contributed by atoms with Crippen molar-refractivity contribution in [2.75, 3.05) is 7.11 Å². The lowest BCUT2D eigenvalue weighted by atomic mass is 9.92. The van der Waals surface area contributed by atoms with Gasteiger partial charge >= 0.3 is 11.9 Å². The number of methoxy groups -OCH3 is 1. The second-order valence-corrected chi connectivity index (χ2v) is 6.14. The lowest BCUT2D eigenvalue weighted by Gasteiger charge is -2.16. The summed E-state index contributed by atoms with van der Waals surface area (Å²) in [6, 6.07) is 3.09. The first-order valence-corrected chi connectivity index (χ1v) is 8.85. The molecule has 0 amide bonds. The Hall–Kier alpha value is -3.61. The molecule has 154 valence electrons. The fourth-order valence-electron chi connectivity index (χ4n) is 2.50. The average molecular weight is 400 g/mol. The van der Waals surface area contributed by atoms with Crippen LogP contribution >= 0.6 is 0 Å². The Morgan fingerprint density at radius 3 is 2.21 bits per heavy atom. The minimum Gasteiger partial charge on any atom is -0.507 e. The maximum atomic E-state index is 12.5. The Balaban J connectivity index is 3.00. The molecule has 29 heavy (non-hydrogen) atoms. The molecule has 0 saturated heterocycles. The smallest absolute Gasteiger partial charge is 0.328 e. The number of carbonyl (C=O) groups excluding carboxylic acids is 1. The van der Waals surface area contributed by atoms with Crippen LogP contribution in [0.2, 0.25) is 0 Å². The standard InChI is InChI=1S/C22H24O7/c1-15(9-7-8-12-21(26)27)17-13-16(29-2)14-18(22(17)28)19(23)10-5-3-4-6-11-20(24)25/h3-6,8,10-15,28H,7,9H2,1-2H3,(H,24,25)(H,26,27)/b4-3-,10-5+,11-6-,12-8+/t15-/m1/s1. The third-order valence-corrected chi connectivity index (χ3v) is 3.99. The van der Waals surface area contributed by atoms with E-state index in [9.17, 15) is 19.5 Å². The van der Waals surface area contributed by atoms with E-state index in [0.717, 1.165) is 12.2 Å². The number of benzene rings is 1. The molecule has 0 spiro atoms.